The first kappa shape index (κ1) is 45.3. The van der Waals surface area contributed by atoms with Crippen LogP contribution in [-0.4, -0.2) is 4.98 Å². The third-order valence-electron chi connectivity index (χ3n) is 14.6. The molecule has 0 saturated heterocycles. The topological polar surface area (TPSA) is 19.0 Å². The zero-order valence-corrected chi connectivity index (χ0v) is 41.3. The maximum Gasteiger partial charge on any atom is 0.0544 e. The van der Waals surface area contributed by atoms with Crippen LogP contribution in [0.15, 0.2) is 219 Å². The van der Waals surface area contributed by atoms with Crippen molar-refractivity contribution < 1.29 is 0 Å². The molecule has 0 atom stereocenters. The maximum atomic E-state index is 4.29. The summed E-state index contributed by atoms with van der Waals surface area (Å²) in [6, 6.07) is 76.1. The first-order valence-corrected chi connectivity index (χ1v) is 25.4. The van der Waals surface area contributed by atoms with Crippen molar-refractivity contribution in [3.63, 3.8) is 0 Å². The molecular formula is C69H60N2. The summed E-state index contributed by atoms with van der Waals surface area (Å²) < 4.78 is 0. The lowest BCUT2D eigenvalue weighted by Crippen LogP contribution is -2.10. The Morgan fingerprint density at radius 3 is 1.77 bits per heavy atom. The molecule has 346 valence electrons. The van der Waals surface area contributed by atoms with E-state index in [1.807, 2.05) is 6.08 Å². The van der Waals surface area contributed by atoms with Crippen LogP contribution in [0, 0.1) is 13.8 Å². The van der Waals surface area contributed by atoms with E-state index in [1.54, 1.807) is 0 Å². The third kappa shape index (κ3) is 8.88. The number of nitrogens with zero attached hydrogens (tertiary/aromatic N) is 1. The molecule has 9 aromatic carbocycles. The lowest BCUT2D eigenvalue weighted by atomic mass is 9.90. The number of allylic oxidation sites excluding steroid dienone is 1. The normalized spacial score (nSPS) is 12.6. The molecule has 1 saturated carbocycles. The molecule has 0 spiro atoms. The first-order chi connectivity index (χ1) is 34.9. The molecule has 0 radical (unpaired) electrons. The maximum absolute atomic E-state index is 4.29. The fraction of sp³-hybridized carbons (Fsp3) is 0.130. The van der Waals surface area contributed by atoms with Crippen molar-refractivity contribution in [3.8, 4) is 55.6 Å². The summed E-state index contributed by atoms with van der Waals surface area (Å²) in [6.45, 7) is 13.2. The Morgan fingerprint density at radius 2 is 1.13 bits per heavy atom. The second kappa shape index (κ2) is 19.7. The first-order valence-electron chi connectivity index (χ1n) is 25.4. The van der Waals surface area contributed by atoms with Gasteiger partial charge in [-0.15, -0.1) is 0 Å². The number of benzene rings is 9. The number of hydrogen-bond donors (Lipinski definition) is 1. The van der Waals surface area contributed by atoms with Gasteiger partial charge in [0.15, 0.2) is 0 Å². The Balaban J connectivity index is 0.956. The molecule has 2 heteroatoms. The van der Waals surface area contributed by atoms with Gasteiger partial charge in [0.25, 0.3) is 0 Å². The Morgan fingerprint density at radius 1 is 0.535 bits per heavy atom. The van der Waals surface area contributed by atoms with Crippen molar-refractivity contribution in [2.45, 2.75) is 59.3 Å². The fourth-order valence-electron chi connectivity index (χ4n) is 10.8. The average Bonchev–Trinajstić information content (AvgIpc) is 4.20. The predicted octanol–water partition coefficient (Wildman–Crippen LogP) is 19.5. The molecular weight excluding hydrogens is 857 g/mol. The summed E-state index contributed by atoms with van der Waals surface area (Å²) in [5.74, 6) is 0.665. The van der Waals surface area contributed by atoms with Gasteiger partial charge in [-0.25, -0.2) is 0 Å². The van der Waals surface area contributed by atoms with Crippen molar-refractivity contribution in [1.29, 1.82) is 0 Å². The van der Waals surface area contributed by atoms with Gasteiger partial charge in [-0.05, 0) is 166 Å². The van der Waals surface area contributed by atoms with Gasteiger partial charge in [-0.1, -0.05) is 196 Å². The Bertz CT molecular complexity index is 3570. The number of rotatable bonds is 14. The molecule has 0 bridgehead atoms. The van der Waals surface area contributed by atoms with E-state index < -0.39 is 0 Å². The highest BCUT2D eigenvalue weighted by Crippen LogP contribution is 2.47. The number of anilines is 3. The van der Waals surface area contributed by atoms with E-state index >= 15 is 0 Å². The van der Waals surface area contributed by atoms with E-state index in [-0.39, 0.29) is 0 Å². The highest BCUT2D eigenvalue weighted by Gasteiger charge is 2.27. The van der Waals surface area contributed by atoms with E-state index in [0.29, 0.717) is 5.92 Å². The van der Waals surface area contributed by atoms with Gasteiger partial charge in [0.1, 0.15) is 0 Å². The Hall–Kier alpha value is -8.20. The molecule has 1 heterocycles. The number of fused-ring (bicyclic) bond motifs is 1. The van der Waals surface area contributed by atoms with E-state index in [1.165, 1.54) is 102 Å². The number of aromatic amines is 1. The lowest BCUT2D eigenvalue weighted by molar-refractivity contribution is 0.923. The third-order valence-corrected chi connectivity index (χ3v) is 14.6. The van der Waals surface area contributed by atoms with Crippen molar-refractivity contribution in [2.75, 3.05) is 4.90 Å². The summed E-state index contributed by atoms with van der Waals surface area (Å²) in [7, 11) is 0. The average molecular weight is 917 g/mol. The SMILES string of the molecule is C=Cc1c(/C(=C\C)c2ccc(-c3ccc(N(c4ccc(-c5ccccc5)cc4)c4ccc(-c5ccc(C6CC6)c(-c6ccccc6C)c5)cc4)cc3CCC)c(C)c2)[nH]c2c(-c3ccccc3)cccc12. The summed E-state index contributed by atoms with van der Waals surface area (Å²) in [4.78, 5) is 6.29. The molecule has 1 aliphatic carbocycles. The second-order valence-electron chi connectivity index (χ2n) is 19.2. The predicted molar refractivity (Wildman–Crippen MR) is 305 cm³/mol. The molecule has 0 amide bonds. The number of nitrogens with one attached hydrogen (secondary N) is 1. The van der Waals surface area contributed by atoms with Crippen molar-refractivity contribution >= 4 is 39.6 Å². The number of aryl methyl sites for hydroxylation is 3. The number of hydrogen-bond acceptors (Lipinski definition) is 1. The van der Waals surface area contributed by atoms with Gasteiger partial charge in [-0.2, -0.15) is 0 Å². The van der Waals surface area contributed by atoms with Crippen molar-refractivity contribution in [1.82, 2.24) is 4.98 Å². The number of aromatic nitrogens is 1. The molecule has 71 heavy (non-hydrogen) atoms. The summed E-state index contributed by atoms with van der Waals surface area (Å²) >= 11 is 0. The molecule has 10 aromatic rings. The van der Waals surface area contributed by atoms with Crippen LogP contribution in [-0.2, 0) is 6.42 Å². The Labute approximate surface area is 420 Å². The summed E-state index contributed by atoms with van der Waals surface area (Å²) in [5.41, 5.74) is 27.0. The lowest BCUT2D eigenvalue weighted by Gasteiger charge is -2.27. The summed E-state index contributed by atoms with van der Waals surface area (Å²) in [6.07, 6.45) is 8.78. The highest BCUT2D eigenvalue weighted by atomic mass is 15.1. The molecule has 1 aliphatic rings. The van der Waals surface area contributed by atoms with Gasteiger partial charge in [0.05, 0.1) is 11.2 Å². The van der Waals surface area contributed by atoms with Crippen LogP contribution in [0.25, 0.3) is 78.2 Å². The quantitative estimate of drug-likeness (QED) is 0.115. The number of para-hydroxylation sites is 1. The minimum atomic E-state index is 0.665. The van der Waals surface area contributed by atoms with Crippen molar-refractivity contribution in [3.05, 3.63) is 258 Å². The highest BCUT2D eigenvalue weighted by molar-refractivity contribution is 6.03. The Kier molecular flexibility index (Phi) is 12.5. The zero-order valence-electron chi connectivity index (χ0n) is 41.3. The standard InChI is InChI=1S/C69H60N2/c1-6-18-54-44-58(39-42-64(54)62-40-34-55(43-47(62)5)59(7-2)68-60(8-3)66-26-17-25-65(69(66)70-68)51-22-13-10-14-23-51)71(56-35-29-49(30-36-56)48-20-11-9-12-21-48)57-37-31-50(32-38-57)53-33-41-63(52-27-28-52)67(45-53)61-24-16-15-19-46(61)4/h7-17,19-26,29-45,52,70H,3,6,18,27-28H2,1-2,4-5H3/b59-7-. The summed E-state index contributed by atoms with van der Waals surface area (Å²) in [5, 5.41) is 1.18. The molecule has 2 nitrogen and oxygen atoms in total. The molecule has 1 N–H and O–H groups in total. The second-order valence-corrected chi connectivity index (χ2v) is 19.2. The zero-order chi connectivity index (χ0) is 48.4. The molecule has 1 fully saturated rings. The minimum Gasteiger partial charge on any atom is -0.354 e. The molecule has 11 rings (SSSR count). The van der Waals surface area contributed by atoms with E-state index in [0.717, 1.165) is 52.3 Å². The van der Waals surface area contributed by atoms with E-state index in [4.69, 9.17) is 0 Å². The van der Waals surface area contributed by atoms with Crippen LogP contribution in [0.5, 0.6) is 0 Å². The van der Waals surface area contributed by atoms with Crippen LogP contribution in [0.3, 0.4) is 0 Å². The van der Waals surface area contributed by atoms with Gasteiger partial charge in [0, 0.05) is 39.1 Å². The number of H-pyrrole nitrogens is 1. The molecule has 1 aromatic heterocycles. The van der Waals surface area contributed by atoms with Crippen LogP contribution in [0.4, 0.5) is 17.1 Å². The van der Waals surface area contributed by atoms with Gasteiger partial charge in [-0.3, -0.25) is 0 Å². The molecule has 0 unspecified atom stereocenters. The van der Waals surface area contributed by atoms with Crippen LogP contribution in [0.2, 0.25) is 0 Å². The smallest absolute Gasteiger partial charge is 0.0544 e. The van der Waals surface area contributed by atoms with Crippen LogP contribution >= 0.6 is 0 Å². The fourth-order valence-corrected chi connectivity index (χ4v) is 10.8. The van der Waals surface area contributed by atoms with Crippen LogP contribution < -0.4 is 4.90 Å². The van der Waals surface area contributed by atoms with E-state index in [2.05, 4.69) is 256 Å². The van der Waals surface area contributed by atoms with E-state index in [9.17, 15) is 0 Å². The van der Waals surface area contributed by atoms with Gasteiger partial charge < -0.3 is 9.88 Å². The monoisotopic (exact) mass is 916 g/mol. The van der Waals surface area contributed by atoms with Gasteiger partial charge >= 0.3 is 0 Å². The van der Waals surface area contributed by atoms with Crippen LogP contribution in [0.1, 0.15) is 78.1 Å². The van der Waals surface area contributed by atoms with Crippen molar-refractivity contribution in [2.24, 2.45) is 0 Å². The largest absolute Gasteiger partial charge is 0.354 e. The minimum absolute atomic E-state index is 0.665. The molecule has 0 aliphatic heterocycles. The van der Waals surface area contributed by atoms with Gasteiger partial charge in [0.2, 0.25) is 0 Å².